The third kappa shape index (κ3) is 4.16. The van der Waals surface area contributed by atoms with Crippen LogP contribution in [0.15, 0.2) is 53.4 Å². The molecule has 1 aliphatic heterocycles. The van der Waals surface area contributed by atoms with E-state index in [-0.39, 0.29) is 12.5 Å². The Kier molecular flexibility index (Phi) is 5.34. The molecule has 0 spiro atoms. The molecular formula is C18H19F2NO3S. The van der Waals surface area contributed by atoms with Crippen LogP contribution in [-0.2, 0) is 10.0 Å². The fraction of sp³-hybridized carbons (Fsp3) is 0.333. The summed E-state index contributed by atoms with van der Waals surface area (Å²) in [6.45, 7) is 0.967. The van der Waals surface area contributed by atoms with Gasteiger partial charge < -0.3 is 4.74 Å². The third-order valence-corrected chi connectivity index (χ3v) is 6.12. The van der Waals surface area contributed by atoms with E-state index < -0.39 is 26.6 Å². The number of halogens is 2. The lowest BCUT2D eigenvalue weighted by Gasteiger charge is -2.31. The quantitative estimate of drug-likeness (QED) is 0.813. The molecule has 1 fully saturated rings. The Bertz CT molecular complexity index is 827. The van der Waals surface area contributed by atoms with E-state index in [1.807, 2.05) is 30.3 Å². The molecule has 1 heterocycles. The lowest BCUT2D eigenvalue weighted by atomic mass is 10.0. The summed E-state index contributed by atoms with van der Waals surface area (Å²) in [7, 11) is -3.99. The SMILES string of the molecule is O=S(=O)(c1ccc(F)cc1F)N1CCCC(COc2ccccc2)C1. The maximum Gasteiger partial charge on any atom is 0.245 e. The highest BCUT2D eigenvalue weighted by Gasteiger charge is 2.32. The fourth-order valence-corrected chi connectivity index (χ4v) is 4.54. The molecule has 25 heavy (non-hydrogen) atoms. The van der Waals surface area contributed by atoms with E-state index in [0.717, 1.165) is 24.3 Å². The molecule has 1 atom stereocenters. The standard InChI is InChI=1S/C18H19F2NO3S/c19-15-8-9-18(17(20)11-15)25(22,23)21-10-4-5-14(12-21)13-24-16-6-2-1-3-7-16/h1-3,6-9,11,14H,4-5,10,12-13H2. The molecule has 1 saturated heterocycles. The van der Waals surface area contributed by atoms with Crippen LogP contribution in [-0.4, -0.2) is 32.4 Å². The van der Waals surface area contributed by atoms with E-state index in [1.165, 1.54) is 4.31 Å². The van der Waals surface area contributed by atoms with E-state index in [0.29, 0.717) is 25.6 Å². The highest BCUT2D eigenvalue weighted by molar-refractivity contribution is 7.89. The van der Waals surface area contributed by atoms with E-state index in [9.17, 15) is 17.2 Å². The molecule has 1 aliphatic rings. The van der Waals surface area contributed by atoms with Crippen molar-refractivity contribution in [3.05, 3.63) is 60.2 Å². The molecule has 0 aliphatic carbocycles. The lowest BCUT2D eigenvalue weighted by Crippen LogP contribution is -2.41. The van der Waals surface area contributed by atoms with Crippen molar-refractivity contribution in [2.24, 2.45) is 5.92 Å². The average molecular weight is 367 g/mol. The van der Waals surface area contributed by atoms with Gasteiger partial charge in [-0.25, -0.2) is 17.2 Å². The summed E-state index contributed by atoms with van der Waals surface area (Å²) in [6.07, 6.45) is 1.51. The van der Waals surface area contributed by atoms with Crippen molar-refractivity contribution in [3.63, 3.8) is 0 Å². The maximum atomic E-state index is 13.9. The molecule has 0 aromatic heterocycles. The predicted octanol–water partition coefficient (Wildman–Crippen LogP) is 3.44. The number of piperidine rings is 1. The maximum absolute atomic E-state index is 13.9. The van der Waals surface area contributed by atoms with E-state index in [4.69, 9.17) is 4.74 Å². The number of rotatable bonds is 5. The zero-order chi connectivity index (χ0) is 17.9. The molecular weight excluding hydrogens is 348 g/mol. The second-order valence-corrected chi connectivity index (χ2v) is 7.98. The summed E-state index contributed by atoms with van der Waals surface area (Å²) in [4.78, 5) is -0.487. The molecule has 134 valence electrons. The summed E-state index contributed by atoms with van der Waals surface area (Å²) >= 11 is 0. The molecule has 7 heteroatoms. The molecule has 1 unspecified atom stereocenters. The summed E-state index contributed by atoms with van der Waals surface area (Å²) in [5.74, 6) is -1.12. The minimum Gasteiger partial charge on any atom is -0.493 e. The van der Waals surface area contributed by atoms with Crippen LogP contribution in [0, 0.1) is 17.6 Å². The molecule has 0 N–H and O–H groups in total. The molecule has 2 aromatic rings. The van der Waals surface area contributed by atoms with Crippen molar-refractivity contribution in [2.45, 2.75) is 17.7 Å². The third-order valence-electron chi connectivity index (χ3n) is 4.22. The number of para-hydroxylation sites is 1. The van der Waals surface area contributed by atoms with Crippen LogP contribution < -0.4 is 4.74 Å². The van der Waals surface area contributed by atoms with Gasteiger partial charge >= 0.3 is 0 Å². The molecule has 2 aromatic carbocycles. The van der Waals surface area contributed by atoms with Gasteiger partial charge in [0.25, 0.3) is 0 Å². The topological polar surface area (TPSA) is 46.6 Å². The highest BCUT2D eigenvalue weighted by atomic mass is 32.2. The minimum absolute atomic E-state index is 0.0206. The van der Waals surface area contributed by atoms with Gasteiger partial charge in [0.15, 0.2) is 0 Å². The van der Waals surface area contributed by atoms with E-state index in [1.54, 1.807) is 0 Å². The molecule has 0 radical (unpaired) electrons. The van der Waals surface area contributed by atoms with Crippen LogP contribution in [0.3, 0.4) is 0 Å². The smallest absolute Gasteiger partial charge is 0.245 e. The molecule has 0 saturated carbocycles. The molecule has 0 bridgehead atoms. The number of sulfonamides is 1. The molecule has 0 amide bonds. The molecule has 4 nitrogen and oxygen atoms in total. The monoisotopic (exact) mass is 367 g/mol. The van der Waals surface area contributed by atoms with Gasteiger partial charge in [-0.05, 0) is 37.1 Å². The van der Waals surface area contributed by atoms with Crippen LogP contribution in [0.2, 0.25) is 0 Å². The lowest BCUT2D eigenvalue weighted by molar-refractivity contribution is 0.180. The average Bonchev–Trinajstić information content (AvgIpc) is 2.61. The summed E-state index contributed by atoms with van der Waals surface area (Å²) in [5.41, 5.74) is 0. The first-order valence-electron chi connectivity index (χ1n) is 8.10. The molecule has 3 rings (SSSR count). The minimum atomic E-state index is -3.99. The Labute approximate surface area is 146 Å². The number of nitrogens with zero attached hydrogens (tertiary/aromatic N) is 1. The normalized spacial score (nSPS) is 18.9. The van der Waals surface area contributed by atoms with Crippen LogP contribution in [0.5, 0.6) is 5.75 Å². The van der Waals surface area contributed by atoms with Crippen LogP contribution >= 0.6 is 0 Å². The second kappa shape index (κ2) is 7.49. The van der Waals surface area contributed by atoms with Gasteiger partial charge in [-0.15, -0.1) is 0 Å². The summed E-state index contributed by atoms with van der Waals surface area (Å²) < 4.78 is 59.2. The Balaban J connectivity index is 1.69. The largest absolute Gasteiger partial charge is 0.493 e. The number of ether oxygens (including phenoxy) is 1. The van der Waals surface area contributed by atoms with Gasteiger partial charge in [-0.2, -0.15) is 4.31 Å². The second-order valence-electron chi connectivity index (χ2n) is 6.07. The Morgan fingerprint density at radius 1 is 1.12 bits per heavy atom. The fourth-order valence-electron chi connectivity index (χ4n) is 2.94. The first-order valence-corrected chi connectivity index (χ1v) is 9.54. The number of hydrogen-bond donors (Lipinski definition) is 0. The summed E-state index contributed by atoms with van der Waals surface area (Å²) in [5, 5.41) is 0. The van der Waals surface area contributed by atoms with Crippen molar-refractivity contribution in [1.82, 2.24) is 4.31 Å². The van der Waals surface area contributed by atoms with Gasteiger partial charge in [0, 0.05) is 25.1 Å². The van der Waals surface area contributed by atoms with Gasteiger partial charge in [0.05, 0.1) is 6.61 Å². The van der Waals surface area contributed by atoms with Crippen LogP contribution in [0.4, 0.5) is 8.78 Å². The van der Waals surface area contributed by atoms with Crippen molar-refractivity contribution >= 4 is 10.0 Å². The van der Waals surface area contributed by atoms with Crippen LogP contribution in [0.1, 0.15) is 12.8 Å². The van der Waals surface area contributed by atoms with Gasteiger partial charge in [-0.1, -0.05) is 18.2 Å². The van der Waals surface area contributed by atoms with Gasteiger partial charge in [0.2, 0.25) is 10.0 Å². The van der Waals surface area contributed by atoms with Gasteiger partial charge in [-0.3, -0.25) is 0 Å². The van der Waals surface area contributed by atoms with Gasteiger partial charge in [0.1, 0.15) is 22.3 Å². The van der Waals surface area contributed by atoms with Crippen molar-refractivity contribution in [3.8, 4) is 5.75 Å². The Hall–Kier alpha value is -1.99. The van der Waals surface area contributed by atoms with Crippen molar-refractivity contribution in [2.75, 3.05) is 19.7 Å². The Morgan fingerprint density at radius 3 is 2.60 bits per heavy atom. The first-order chi connectivity index (χ1) is 12.0. The summed E-state index contributed by atoms with van der Waals surface area (Å²) in [6, 6.07) is 11.8. The van der Waals surface area contributed by atoms with E-state index >= 15 is 0 Å². The zero-order valence-corrected chi connectivity index (χ0v) is 14.4. The van der Waals surface area contributed by atoms with Crippen LogP contribution in [0.25, 0.3) is 0 Å². The van der Waals surface area contributed by atoms with Crippen molar-refractivity contribution in [1.29, 1.82) is 0 Å². The van der Waals surface area contributed by atoms with E-state index in [2.05, 4.69) is 0 Å². The highest BCUT2D eigenvalue weighted by Crippen LogP contribution is 2.26. The van der Waals surface area contributed by atoms with Crippen molar-refractivity contribution < 1.29 is 21.9 Å². The Morgan fingerprint density at radius 2 is 1.88 bits per heavy atom. The first kappa shape index (κ1) is 17.8. The number of hydrogen-bond acceptors (Lipinski definition) is 3. The zero-order valence-electron chi connectivity index (χ0n) is 13.6. The predicted molar refractivity (Wildman–Crippen MR) is 89.8 cm³/mol. The number of benzene rings is 2.